The Labute approximate surface area is 170 Å². The van der Waals surface area contributed by atoms with Gasteiger partial charge in [0.25, 0.3) is 0 Å². The second-order valence-corrected chi connectivity index (χ2v) is 6.38. The van der Waals surface area contributed by atoms with Gasteiger partial charge in [-0.05, 0) is 18.2 Å². The summed E-state index contributed by atoms with van der Waals surface area (Å²) in [6.07, 6.45) is 7.87. The summed E-state index contributed by atoms with van der Waals surface area (Å²) in [7, 11) is 0. The van der Waals surface area contributed by atoms with Crippen LogP contribution in [0.15, 0.2) is 55.8 Å². The number of halogens is 1. The number of imidazole rings is 1. The molecule has 4 aromatic heterocycles. The fourth-order valence-corrected chi connectivity index (χ4v) is 3.07. The molecule has 4 aromatic rings. The van der Waals surface area contributed by atoms with Gasteiger partial charge in [0.15, 0.2) is 10.8 Å². The van der Waals surface area contributed by atoms with Crippen molar-refractivity contribution in [3.63, 3.8) is 0 Å². The first-order chi connectivity index (χ1) is 14.1. The van der Waals surface area contributed by atoms with Crippen LogP contribution in [0.25, 0.3) is 16.9 Å². The van der Waals surface area contributed by atoms with Crippen LogP contribution in [0.4, 0.5) is 11.6 Å². The number of anilines is 2. The second kappa shape index (κ2) is 7.53. The molecule has 0 aromatic carbocycles. The Bertz CT molecular complexity index is 1240. The zero-order valence-corrected chi connectivity index (χ0v) is 15.7. The molecule has 0 saturated heterocycles. The normalized spacial score (nSPS) is 11.7. The summed E-state index contributed by atoms with van der Waals surface area (Å²) in [6.45, 7) is 3.91. The first-order valence-corrected chi connectivity index (χ1v) is 8.84. The number of nitrogen functional groups attached to an aromatic ring is 1. The molecule has 0 aliphatic heterocycles. The maximum Gasteiger partial charge on any atom is 0.155 e. The smallest absolute Gasteiger partial charge is 0.155 e. The molecule has 29 heavy (non-hydrogen) atoms. The minimum Gasteiger partial charge on any atom is -0.382 e. The molecule has 0 saturated carbocycles. The summed E-state index contributed by atoms with van der Waals surface area (Å²) in [5, 5.41) is 17.6. The Morgan fingerprint density at radius 2 is 2.17 bits per heavy atom. The first-order valence-electron chi connectivity index (χ1n) is 8.46. The number of hydrogen-bond donors (Lipinski definition) is 2. The summed E-state index contributed by atoms with van der Waals surface area (Å²) in [4.78, 5) is 16.5. The van der Waals surface area contributed by atoms with Crippen LogP contribution in [0.2, 0.25) is 5.15 Å². The topological polar surface area (TPSA) is 131 Å². The molecular weight excluding hydrogens is 390 g/mol. The van der Waals surface area contributed by atoms with E-state index in [1.165, 1.54) is 17.0 Å². The van der Waals surface area contributed by atoms with Crippen molar-refractivity contribution in [1.82, 2.24) is 29.5 Å². The Balaban J connectivity index is 1.88. The molecule has 10 heteroatoms. The van der Waals surface area contributed by atoms with E-state index in [1.54, 1.807) is 18.5 Å². The standard InChI is InChI=1S/C19H14ClN9/c1-2-14(27-19-13(7-21)18(22)25-10-26-19)12-6-16-24-9-15(20)29(16)28-17(12)11-4-3-5-23-8-11/h2-6,8-10,14H,1H2,(H3,22,25,26,27)/t14-/m0/s1. The predicted octanol–water partition coefficient (Wildman–Crippen LogP) is 3.03. The number of rotatable bonds is 5. The van der Waals surface area contributed by atoms with Crippen LogP contribution in [0.1, 0.15) is 17.2 Å². The molecule has 3 N–H and O–H groups in total. The number of hydrogen-bond acceptors (Lipinski definition) is 8. The minimum absolute atomic E-state index is 0.0916. The van der Waals surface area contributed by atoms with Crippen LogP contribution in [0, 0.1) is 11.3 Å². The third-order valence-electron chi connectivity index (χ3n) is 4.27. The molecule has 142 valence electrons. The molecule has 0 aliphatic rings. The van der Waals surface area contributed by atoms with Gasteiger partial charge in [-0.25, -0.2) is 19.5 Å². The highest BCUT2D eigenvalue weighted by atomic mass is 35.5. The molecule has 1 atom stereocenters. The van der Waals surface area contributed by atoms with Gasteiger partial charge in [0.05, 0.1) is 17.9 Å². The number of nitrogens with two attached hydrogens (primary N) is 1. The molecule has 0 fully saturated rings. The lowest BCUT2D eigenvalue weighted by atomic mass is 10.0. The Hall–Kier alpha value is -4.03. The third kappa shape index (κ3) is 3.33. The van der Waals surface area contributed by atoms with Crippen LogP contribution in [0.3, 0.4) is 0 Å². The van der Waals surface area contributed by atoms with Crippen LogP contribution < -0.4 is 11.1 Å². The van der Waals surface area contributed by atoms with Gasteiger partial charge < -0.3 is 11.1 Å². The van der Waals surface area contributed by atoms with Crippen LogP contribution >= 0.6 is 11.6 Å². The second-order valence-electron chi connectivity index (χ2n) is 5.99. The molecule has 9 nitrogen and oxygen atoms in total. The summed E-state index contributed by atoms with van der Waals surface area (Å²) in [5.41, 5.74) is 8.68. The molecule has 0 spiro atoms. The number of pyridine rings is 1. The first kappa shape index (κ1) is 18.3. The van der Waals surface area contributed by atoms with Crippen molar-refractivity contribution in [2.75, 3.05) is 11.1 Å². The predicted molar refractivity (Wildman–Crippen MR) is 109 cm³/mol. The number of nitrogens with one attached hydrogen (secondary N) is 1. The Kier molecular flexibility index (Phi) is 4.76. The van der Waals surface area contributed by atoms with Crippen molar-refractivity contribution in [3.05, 3.63) is 72.1 Å². The molecule has 0 unspecified atom stereocenters. The molecule has 4 heterocycles. The Morgan fingerprint density at radius 1 is 1.31 bits per heavy atom. The Morgan fingerprint density at radius 3 is 2.90 bits per heavy atom. The van der Waals surface area contributed by atoms with E-state index >= 15 is 0 Å². The quantitative estimate of drug-likeness (QED) is 0.486. The van der Waals surface area contributed by atoms with Gasteiger partial charge in [-0.15, -0.1) is 6.58 Å². The molecule has 0 aliphatic carbocycles. The van der Waals surface area contributed by atoms with E-state index in [4.69, 9.17) is 17.3 Å². The molecule has 0 bridgehead atoms. The summed E-state index contributed by atoms with van der Waals surface area (Å²) in [6, 6.07) is 7.11. The number of fused-ring (bicyclic) bond motifs is 1. The fraction of sp³-hybridized carbons (Fsp3) is 0.0526. The van der Waals surface area contributed by atoms with E-state index in [1.807, 2.05) is 24.3 Å². The van der Waals surface area contributed by atoms with E-state index in [2.05, 4.69) is 36.9 Å². The summed E-state index contributed by atoms with van der Waals surface area (Å²) >= 11 is 6.20. The summed E-state index contributed by atoms with van der Waals surface area (Å²) in [5.74, 6) is 0.386. The van der Waals surface area contributed by atoms with Gasteiger partial charge in [-0.3, -0.25) is 4.98 Å². The van der Waals surface area contributed by atoms with Gasteiger partial charge >= 0.3 is 0 Å². The SMILES string of the molecule is C=C[C@H](Nc1ncnc(N)c1C#N)c1cc2ncc(Cl)n2nc1-c1cccnc1. The molecule has 4 rings (SSSR count). The minimum atomic E-state index is -0.459. The maximum absolute atomic E-state index is 9.41. The lowest BCUT2D eigenvalue weighted by Gasteiger charge is -2.19. The van der Waals surface area contributed by atoms with E-state index in [0.29, 0.717) is 22.3 Å². The number of nitrogens with zero attached hydrogens (tertiary/aromatic N) is 7. The zero-order chi connectivity index (χ0) is 20.4. The number of aromatic nitrogens is 6. The highest BCUT2D eigenvalue weighted by molar-refractivity contribution is 6.29. The van der Waals surface area contributed by atoms with Crippen molar-refractivity contribution in [3.8, 4) is 17.3 Å². The van der Waals surface area contributed by atoms with Crippen molar-refractivity contribution >= 4 is 28.9 Å². The average Bonchev–Trinajstić information content (AvgIpc) is 3.11. The molecular formula is C19H14ClN9. The van der Waals surface area contributed by atoms with E-state index < -0.39 is 6.04 Å². The van der Waals surface area contributed by atoms with Gasteiger partial charge in [0.2, 0.25) is 0 Å². The third-order valence-corrected chi connectivity index (χ3v) is 4.52. The molecule has 0 amide bonds. The maximum atomic E-state index is 9.41. The van der Waals surface area contributed by atoms with Gasteiger partial charge in [0.1, 0.15) is 29.6 Å². The fourth-order valence-electron chi connectivity index (χ4n) is 2.89. The van der Waals surface area contributed by atoms with E-state index in [9.17, 15) is 5.26 Å². The largest absolute Gasteiger partial charge is 0.382 e. The van der Waals surface area contributed by atoms with Crippen LogP contribution in [-0.4, -0.2) is 29.5 Å². The highest BCUT2D eigenvalue weighted by Crippen LogP contribution is 2.31. The van der Waals surface area contributed by atoms with Gasteiger partial charge in [-0.1, -0.05) is 17.7 Å². The van der Waals surface area contributed by atoms with Crippen molar-refractivity contribution < 1.29 is 0 Å². The lowest BCUT2D eigenvalue weighted by Crippen LogP contribution is -2.14. The molecule has 0 radical (unpaired) electrons. The van der Waals surface area contributed by atoms with Gasteiger partial charge in [-0.2, -0.15) is 10.4 Å². The van der Waals surface area contributed by atoms with Crippen LogP contribution in [-0.2, 0) is 0 Å². The van der Waals surface area contributed by atoms with E-state index in [-0.39, 0.29) is 11.4 Å². The average molecular weight is 404 g/mol. The zero-order valence-electron chi connectivity index (χ0n) is 15.0. The lowest BCUT2D eigenvalue weighted by molar-refractivity contribution is 0.890. The van der Waals surface area contributed by atoms with Gasteiger partial charge in [0, 0.05) is 23.5 Å². The highest BCUT2D eigenvalue weighted by Gasteiger charge is 2.20. The monoisotopic (exact) mass is 403 g/mol. The van der Waals surface area contributed by atoms with Crippen LogP contribution in [0.5, 0.6) is 0 Å². The van der Waals surface area contributed by atoms with Crippen molar-refractivity contribution in [2.24, 2.45) is 0 Å². The van der Waals surface area contributed by atoms with Crippen molar-refractivity contribution in [1.29, 1.82) is 5.26 Å². The van der Waals surface area contributed by atoms with Crippen molar-refractivity contribution in [2.45, 2.75) is 6.04 Å². The number of nitriles is 1. The van der Waals surface area contributed by atoms with E-state index in [0.717, 1.165) is 11.1 Å². The summed E-state index contributed by atoms with van der Waals surface area (Å²) < 4.78 is 1.54.